The van der Waals surface area contributed by atoms with Gasteiger partial charge in [-0.15, -0.1) is 12.4 Å². The third-order valence-electron chi connectivity index (χ3n) is 5.13. The maximum absolute atomic E-state index is 12.9. The number of nitrogens with one attached hydrogen (secondary N) is 3. The van der Waals surface area contributed by atoms with Crippen LogP contribution in [0.4, 0.5) is 10.5 Å². The lowest BCUT2D eigenvalue weighted by Crippen LogP contribution is -2.52. The van der Waals surface area contributed by atoms with Crippen LogP contribution in [0.5, 0.6) is 0 Å². The molecule has 0 bridgehead atoms. The third-order valence-corrected chi connectivity index (χ3v) is 5.13. The standard InChI is InChI=1S/C19H28N4O2.ClH/c24-18(15-9-11-20-12-10-15)23-13-5-4-8-17(23)14-21-19(25)22-16-6-2-1-3-7-16;/h1-3,6-7,15,17,20H,4-5,8-14H2,(H2,21,22,25);1H. The minimum absolute atomic E-state index is 0. The number of amides is 3. The summed E-state index contributed by atoms with van der Waals surface area (Å²) in [6, 6.07) is 9.28. The van der Waals surface area contributed by atoms with E-state index in [1.165, 1.54) is 0 Å². The number of hydrogen-bond donors (Lipinski definition) is 3. The van der Waals surface area contributed by atoms with E-state index in [2.05, 4.69) is 16.0 Å². The Balaban J connectivity index is 0.00000243. The first kappa shape index (κ1) is 20.5. The molecule has 2 saturated heterocycles. The van der Waals surface area contributed by atoms with E-state index in [9.17, 15) is 9.59 Å². The maximum atomic E-state index is 12.9. The highest BCUT2D eigenvalue weighted by Gasteiger charge is 2.32. The quantitative estimate of drug-likeness (QED) is 0.751. The van der Waals surface area contributed by atoms with Gasteiger partial charge in [0.1, 0.15) is 0 Å². The Morgan fingerprint density at radius 3 is 2.54 bits per heavy atom. The summed E-state index contributed by atoms with van der Waals surface area (Å²) < 4.78 is 0. The van der Waals surface area contributed by atoms with E-state index in [-0.39, 0.29) is 36.3 Å². The molecule has 3 amide bonds. The zero-order valence-electron chi connectivity index (χ0n) is 15.1. The van der Waals surface area contributed by atoms with E-state index >= 15 is 0 Å². The number of anilines is 1. The molecule has 2 heterocycles. The highest BCUT2D eigenvalue weighted by atomic mass is 35.5. The Hall–Kier alpha value is -1.79. The number of hydrogen-bond acceptors (Lipinski definition) is 3. The molecule has 2 aliphatic rings. The second-order valence-corrected chi connectivity index (χ2v) is 6.91. The Morgan fingerprint density at radius 2 is 1.81 bits per heavy atom. The molecule has 3 N–H and O–H groups in total. The van der Waals surface area contributed by atoms with Gasteiger partial charge in [-0.3, -0.25) is 4.79 Å². The number of carbonyl (C=O) groups excluding carboxylic acids is 2. The van der Waals surface area contributed by atoms with E-state index in [0.29, 0.717) is 6.54 Å². The molecule has 2 fully saturated rings. The molecule has 3 rings (SSSR count). The van der Waals surface area contributed by atoms with E-state index in [1.54, 1.807) is 0 Å². The number of carbonyl (C=O) groups is 2. The maximum Gasteiger partial charge on any atom is 0.319 e. The van der Waals surface area contributed by atoms with Crippen molar-refractivity contribution in [1.29, 1.82) is 0 Å². The van der Waals surface area contributed by atoms with Crippen molar-refractivity contribution >= 4 is 30.0 Å². The molecule has 144 valence electrons. The minimum atomic E-state index is -0.217. The van der Waals surface area contributed by atoms with Crippen molar-refractivity contribution in [2.24, 2.45) is 5.92 Å². The van der Waals surface area contributed by atoms with Gasteiger partial charge in [0.2, 0.25) is 5.91 Å². The van der Waals surface area contributed by atoms with Crippen molar-refractivity contribution in [3.63, 3.8) is 0 Å². The number of para-hydroxylation sites is 1. The fraction of sp³-hybridized carbons (Fsp3) is 0.579. The molecule has 0 spiro atoms. The zero-order chi connectivity index (χ0) is 17.5. The van der Waals surface area contributed by atoms with Gasteiger partial charge in [0.15, 0.2) is 0 Å². The summed E-state index contributed by atoms with van der Waals surface area (Å²) in [4.78, 5) is 27.0. The van der Waals surface area contributed by atoms with Gasteiger partial charge >= 0.3 is 6.03 Å². The summed E-state index contributed by atoms with van der Waals surface area (Å²) >= 11 is 0. The predicted octanol–water partition coefficient (Wildman–Crippen LogP) is 2.61. The Bertz CT molecular complexity index is 578. The first-order valence-corrected chi connectivity index (χ1v) is 9.35. The van der Waals surface area contributed by atoms with Crippen molar-refractivity contribution < 1.29 is 9.59 Å². The minimum Gasteiger partial charge on any atom is -0.338 e. The van der Waals surface area contributed by atoms with Gasteiger partial charge in [0, 0.05) is 30.7 Å². The number of urea groups is 1. The third kappa shape index (κ3) is 5.61. The fourth-order valence-corrected chi connectivity index (χ4v) is 3.71. The smallest absolute Gasteiger partial charge is 0.319 e. The van der Waals surface area contributed by atoms with E-state index < -0.39 is 0 Å². The monoisotopic (exact) mass is 380 g/mol. The number of rotatable bonds is 4. The Morgan fingerprint density at radius 1 is 1.08 bits per heavy atom. The van der Waals surface area contributed by atoms with Crippen molar-refractivity contribution in [2.75, 3.05) is 31.5 Å². The summed E-state index contributed by atoms with van der Waals surface area (Å²) in [6.07, 6.45) is 4.97. The fourth-order valence-electron chi connectivity index (χ4n) is 3.71. The number of piperidine rings is 2. The molecule has 1 aromatic rings. The molecule has 1 aromatic carbocycles. The van der Waals surface area contributed by atoms with Crippen LogP contribution in [-0.4, -0.2) is 49.1 Å². The molecule has 6 nitrogen and oxygen atoms in total. The number of halogens is 1. The number of likely N-dealkylation sites (tertiary alicyclic amines) is 1. The molecular weight excluding hydrogens is 352 g/mol. The first-order valence-electron chi connectivity index (χ1n) is 9.35. The predicted molar refractivity (Wildman–Crippen MR) is 106 cm³/mol. The molecule has 0 aliphatic carbocycles. The van der Waals surface area contributed by atoms with E-state index in [1.807, 2.05) is 35.2 Å². The second-order valence-electron chi connectivity index (χ2n) is 6.91. The Kier molecular flexibility index (Phi) is 8.19. The molecule has 26 heavy (non-hydrogen) atoms. The van der Waals surface area contributed by atoms with Crippen molar-refractivity contribution in [3.8, 4) is 0 Å². The summed E-state index contributed by atoms with van der Waals surface area (Å²) in [5.41, 5.74) is 0.770. The lowest BCUT2D eigenvalue weighted by molar-refractivity contribution is -0.140. The Labute approximate surface area is 161 Å². The van der Waals surface area contributed by atoms with Crippen LogP contribution in [0, 0.1) is 5.92 Å². The van der Waals surface area contributed by atoms with Gasteiger partial charge in [0.05, 0.1) is 0 Å². The van der Waals surface area contributed by atoms with Crippen molar-refractivity contribution in [2.45, 2.75) is 38.1 Å². The molecule has 7 heteroatoms. The molecule has 1 atom stereocenters. The van der Waals surface area contributed by atoms with E-state index in [0.717, 1.165) is 57.4 Å². The molecule has 0 aromatic heterocycles. The van der Waals surface area contributed by atoms with Crippen LogP contribution in [-0.2, 0) is 4.79 Å². The van der Waals surface area contributed by atoms with Crippen LogP contribution in [0.3, 0.4) is 0 Å². The number of benzene rings is 1. The lowest BCUT2D eigenvalue weighted by Gasteiger charge is -2.38. The molecule has 1 unspecified atom stereocenters. The highest BCUT2D eigenvalue weighted by molar-refractivity contribution is 5.89. The molecule has 0 saturated carbocycles. The van der Waals surface area contributed by atoms with Crippen LogP contribution in [0.2, 0.25) is 0 Å². The van der Waals surface area contributed by atoms with Gasteiger partial charge in [0.25, 0.3) is 0 Å². The average molecular weight is 381 g/mol. The van der Waals surface area contributed by atoms with Gasteiger partial charge in [-0.05, 0) is 57.3 Å². The van der Waals surface area contributed by atoms with Crippen LogP contribution in [0.25, 0.3) is 0 Å². The van der Waals surface area contributed by atoms with Crippen molar-refractivity contribution in [3.05, 3.63) is 30.3 Å². The zero-order valence-corrected chi connectivity index (χ0v) is 15.9. The molecule has 0 radical (unpaired) electrons. The highest BCUT2D eigenvalue weighted by Crippen LogP contribution is 2.22. The lowest BCUT2D eigenvalue weighted by atomic mass is 9.93. The van der Waals surface area contributed by atoms with E-state index in [4.69, 9.17) is 0 Å². The van der Waals surface area contributed by atoms with Crippen molar-refractivity contribution in [1.82, 2.24) is 15.5 Å². The average Bonchev–Trinajstić information content (AvgIpc) is 2.67. The largest absolute Gasteiger partial charge is 0.338 e. The van der Waals surface area contributed by atoms with Crippen LogP contribution >= 0.6 is 12.4 Å². The summed E-state index contributed by atoms with van der Waals surface area (Å²) in [6.45, 7) is 3.17. The van der Waals surface area contributed by atoms with Gasteiger partial charge in [-0.25, -0.2) is 4.79 Å². The van der Waals surface area contributed by atoms with Crippen LogP contribution in [0.1, 0.15) is 32.1 Å². The second kappa shape index (κ2) is 10.4. The normalized spacial score (nSPS) is 20.8. The van der Waals surface area contributed by atoms with Gasteiger partial charge < -0.3 is 20.9 Å². The van der Waals surface area contributed by atoms with Gasteiger partial charge in [-0.1, -0.05) is 18.2 Å². The topological polar surface area (TPSA) is 73.5 Å². The number of nitrogens with zero attached hydrogens (tertiary/aromatic N) is 1. The summed E-state index contributed by atoms with van der Waals surface area (Å²) in [5, 5.41) is 9.07. The summed E-state index contributed by atoms with van der Waals surface area (Å²) in [5.74, 6) is 0.413. The van der Waals surface area contributed by atoms with Gasteiger partial charge in [-0.2, -0.15) is 0 Å². The van der Waals surface area contributed by atoms with Crippen LogP contribution < -0.4 is 16.0 Å². The molecule has 2 aliphatic heterocycles. The van der Waals surface area contributed by atoms with Crippen LogP contribution in [0.15, 0.2) is 30.3 Å². The first-order chi connectivity index (χ1) is 12.2. The molecular formula is C19H29ClN4O2. The SMILES string of the molecule is Cl.O=C(NCC1CCCCN1C(=O)C1CCNCC1)Nc1ccccc1. The summed E-state index contributed by atoms with van der Waals surface area (Å²) in [7, 11) is 0.